The third kappa shape index (κ3) is 4.34. The van der Waals surface area contributed by atoms with Gasteiger partial charge in [0.1, 0.15) is 11.5 Å². The molecule has 3 amide bonds. The second kappa shape index (κ2) is 9.40. The van der Waals surface area contributed by atoms with E-state index >= 15 is 4.39 Å². The first kappa shape index (κ1) is 23.7. The summed E-state index contributed by atoms with van der Waals surface area (Å²) >= 11 is 6.12. The summed E-state index contributed by atoms with van der Waals surface area (Å²) in [6, 6.07) is 8.48. The first-order chi connectivity index (χ1) is 16.2. The number of likely N-dealkylation sites (N-methyl/N-ethyl adjacent to an activating group) is 1. The Bertz CT molecular complexity index is 1290. The molecular weight excluding hydrogens is 463 g/mol. The van der Waals surface area contributed by atoms with E-state index in [9.17, 15) is 14.4 Å². The summed E-state index contributed by atoms with van der Waals surface area (Å²) < 4.78 is 16.3. The third-order valence-electron chi connectivity index (χ3n) is 6.00. The summed E-state index contributed by atoms with van der Waals surface area (Å²) in [4.78, 5) is 40.2. The zero-order valence-corrected chi connectivity index (χ0v) is 19.5. The molecule has 34 heavy (non-hydrogen) atoms. The highest BCUT2D eigenvalue weighted by Gasteiger charge is 2.27. The molecule has 3 N–H and O–H groups in total. The first-order valence-electron chi connectivity index (χ1n) is 10.7. The highest BCUT2D eigenvalue weighted by Crippen LogP contribution is 2.27. The van der Waals surface area contributed by atoms with E-state index in [1.54, 1.807) is 35.9 Å². The molecular formula is C23H24ClFN6O3. The molecule has 0 spiro atoms. The molecule has 1 saturated heterocycles. The van der Waals surface area contributed by atoms with Gasteiger partial charge in [0.2, 0.25) is 5.91 Å². The van der Waals surface area contributed by atoms with Gasteiger partial charge in [-0.1, -0.05) is 11.6 Å². The number of fused-ring (bicyclic) bond motifs is 1. The van der Waals surface area contributed by atoms with Gasteiger partial charge in [-0.15, -0.1) is 0 Å². The van der Waals surface area contributed by atoms with Crippen molar-refractivity contribution >= 4 is 34.8 Å². The number of nitrogens with two attached hydrogens (primary N) is 1. The lowest BCUT2D eigenvalue weighted by Gasteiger charge is -2.36. The Kier molecular flexibility index (Phi) is 6.54. The largest absolute Gasteiger partial charge is 0.364 e. The summed E-state index contributed by atoms with van der Waals surface area (Å²) in [5, 5.41) is 7.53. The molecule has 0 saturated carbocycles. The normalized spacial score (nSPS) is 14.9. The Morgan fingerprint density at radius 2 is 1.76 bits per heavy atom. The minimum Gasteiger partial charge on any atom is -0.364 e. The predicted molar refractivity (Wildman–Crippen MR) is 125 cm³/mol. The minimum absolute atomic E-state index is 0.0158. The van der Waals surface area contributed by atoms with Crippen molar-refractivity contribution in [2.45, 2.75) is 13.0 Å². The summed E-state index contributed by atoms with van der Waals surface area (Å²) in [6.07, 6.45) is 0. The Morgan fingerprint density at radius 1 is 1.09 bits per heavy atom. The molecule has 1 aliphatic rings. The minimum atomic E-state index is -0.713. The summed E-state index contributed by atoms with van der Waals surface area (Å²) in [7, 11) is 1.72. The van der Waals surface area contributed by atoms with Crippen LogP contribution in [0.15, 0.2) is 36.4 Å². The lowest BCUT2D eigenvalue weighted by Crippen LogP contribution is -2.54. The average molecular weight is 487 g/mol. The maximum absolute atomic E-state index is 15.0. The quantitative estimate of drug-likeness (QED) is 0.571. The van der Waals surface area contributed by atoms with Gasteiger partial charge in [-0.3, -0.25) is 14.4 Å². The topological polar surface area (TPSA) is 113 Å². The smallest absolute Gasteiger partial charge is 0.267 e. The number of halogens is 2. The Morgan fingerprint density at radius 3 is 2.38 bits per heavy atom. The van der Waals surface area contributed by atoms with Crippen LogP contribution in [0.4, 0.5) is 4.39 Å². The molecule has 3 aromatic rings. The lowest BCUT2D eigenvalue weighted by atomic mass is 10.1. The molecule has 0 bridgehead atoms. The van der Waals surface area contributed by atoms with Crippen molar-refractivity contribution in [3.63, 3.8) is 0 Å². The van der Waals surface area contributed by atoms with Crippen LogP contribution in [0.2, 0.25) is 5.02 Å². The zero-order chi connectivity index (χ0) is 24.6. The molecule has 0 aliphatic carbocycles. The second-order valence-electron chi connectivity index (χ2n) is 8.08. The summed E-state index contributed by atoms with van der Waals surface area (Å²) in [5.74, 6) is -1.67. The molecule has 9 nitrogen and oxygen atoms in total. The maximum Gasteiger partial charge on any atom is 0.267 e. The number of primary amides is 1. The van der Waals surface area contributed by atoms with Gasteiger partial charge >= 0.3 is 0 Å². The van der Waals surface area contributed by atoms with Crippen LogP contribution < -0.4 is 11.1 Å². The SMILES string of the molecule is CN[C@@H](C)C(=O)N1CCN(C(=O)c2ccc(-c3ccc4c(Cl)cc(C(N)=O)n4n3)c(F)c2)CC1. The number of hydrogen-bond donors (Lipinski definition) is 2. The Balaban J connectivity index is 1.53. The van der Waals surface area contributed by atoms with E-state index < -0.39 is 11.7 Å². The number of rotatable bonds is 5. The van der Waals surface area contributed by atoms with Crippen LogP contribution in [0.25, 0.3) is 16.8 Å². The number of nitrogens with one attached hydrogen (secondary N) is 1. The average Bonchev–Trinajstić information content (AvgIpc) is 3.18. The number of nitrogens with zero attached hydrogens (tertiary/aromatic N) is 4. The molecule has 1 aromatic carbocycles. The lowest BCUT2D eigenvalue weighted by molar-refractivity contribution is -0.134. The van der Waals surface area contributed by atoms with E-state index in [4.69, 9.17) is 17.3 Å². The molecule has 11 heteroatoms. The first-order valence-corrected chi connectivity index (χ1v) is 11.1. The third-order valence-corrected chi connectivity index (χ3v) is 6.30. The van der Waals surface area contributed by atoms with Gasteiger partial charge in [0.25, 0.3) is 11.8 Å². The highest BCUT2D eigenvalue weighted by molar-refractivity contribution is 6.34. The molecule has 1 fully saturated rings. The van der Waals surface area contributed by atoms with Gasteiger partial charge in [-0.25, -0.2) is 8.91 Å². The highest BCUT2D eigenvalue weighted by atomic mass is 35.5. The van der Waals surface area contributed by atoms with Crippen LogP contribution in [0, 0.1) is 5.82 Å². The summed E-state index contributed by atoms with van der Waals surface area (Å²) in [5.41, 5.74) is 6.55. The van der Waals surface area contributed by atoms with Crippen molar-refractivity contribution in [2.24, 2.45) is 5.73 Å². The number of hydrogen-bond acceptors (Lipinski definition) is 5. The molecule has 4 rings (SSSR count). The van der Waals surface area contributed by atoms with Crippen LogP contribution in [-0.4, -0.2) is 76.4 Å². The van der Waals surface area contributed by atoms with E-state index in [2.05, 4.69) is 10.4 Å². The standard InChI is InChI=1S/C23H24ClFN6O3/c1-13(27-2)22(33)29-7-9-30(10-8-29)23(34)14-3-4-15(17(25)11-14)18-5-6-19-16(24)12-20(21(26)32)31(19)28-18/h3-6,11-13,27H,7-10H2,1-2H3,(H2,26,32)/t13-/m0/s1. The van der Waals surface area contributed by atoms with Crippen LogP contribution >= 0.6 is 11.6 Å². The van der Waals surface area contributed by atoms with E-state index in [1.165, 1.54) is 28.8 Å². The predicted octanol–water partition coefficient (Wildman–Crippen LogP) is 1.79. The van der Waals surface area contributed by atoms with Gasteiger partial charge in [0, 0.05) is 37.3 Å². The zero-order valence-electron chi connectivity index (χ0n) is 18.7. The van der Waals surface area contributed by atoms with Crippen molar-refractivity contribution in [2.75, 3.05) is 33.2 Å². The summed E-state index contributed by atoms with van der Waals surface area (Å²) in [6.45, 7) is 3.36. The van der Waals surface area contributed by atoms with Gasteiger partial charge < -0.3 is 20.9 Å². The monoisotopic (exact) mass is 486 g/mol. The second-order valence-corrected chi connectivity index (χ2v) is 8.49. The molecule has 3 heterocycles. The number of piperazine rings is 1. The van der Waals surface area contributed by atoms with Crippen LogP contribution in [0.1, 0.15) is 27.8 Å². The van der Waals surface area contributed by atoms with Crippen molar-refractivity contribution in [1.82, 2.24) is 24.7 Å². The molecule has 178 valence electrons. The van der Waals surface area contributed by atoms with E-state index in [0.29, 0.717) is 36.7 Å². The molecule has 1 atom stereocenters. The van der Waals surface area contributed by atoms with Crippen molar-refractivity contribution in [3.05, 3.63) is 58.5 Å². The molecule has 1 aliphatic heterocycles. The maximum atomic E-state index is 15.0. The Hall–Kier alpha value is -3.50. The van der Waals surface area contributed by atoms with E-state index in [-0.39, 0.29) is 40.4 Å². The van der Waals surface area contributed by atoms with Crippen LogP contribution in [0.5, 0.6) is 0 Å². The number of amides is 3. The van der Waals surface area contributed by atoms with Crippen molar-refractivity contribution < 1.29 is 18.8 Å². The van der Waals surface area contributed by atoms with E-state index in [0.717, 1.165) is 0 Å². The van der Waals surface area contributed by atoms with Crippen LogP contribution in [-0.2, 0) is 4.79 Å². The van der Waals surface area contributed by atoms with Crippen molar-refractivity contribution in [3.8, 4) is 11.3 Å². The number of aromatic nitrogens is 2. The molecule has 2 aromatic heterocycles. The van der Waals surface area contributed by atoms with Gasteiger partial charge in [-0.2, -0.15) is 5.10 Å². The number of benzene rings is 1. The van der Waals surface area contributed by atoms with Crippen LogP contribution in [0.3, 0.4) is 0 Å². The fourth-order valence-corrected chi connectivity index (χ4v) is 4.17. The van der Waals surface area contributed by atoms with Gasteiger partial charge in [-0.05, 0) is 50.4 Å². The van der Waals surface area contributed by atoms with Gasteiger partial charge in [0.05, 0.1) is 22.3 Å². The molecule has 0 unspecified atom stereocenters. The number of carbonyl (C=O) groups excluding carboxylic acids is 3. The van der Waals surface area contributed by atoms with Gasteiger partial charge in [0.15, 0.2) is 0 Å². The Labute approximate surface area is 200 Å². The number of carbonyl (C=O) groups is 3. The van der Waals surface area contributed by atoms with Crippen molar-refractivity contribution in [1.29, 1.82) is 0 Å². The molecule has 0 radical (unpaired) electrons. The fourth-order valence-electron chi connectivity index (χ4n) is 3.93. The fraction of sp³-hybridized carbons (Fsp3) is 0.304. The van der Waals surface area contributed by atoms with E-state index in [1.807, 2.05) is 0 Å².